The molecule has 1 aromatic heterocycles. The van der Waals surface area contributed by atoms with E-state index in [0.29, 0.717) is 17.3 Å². The van der Waals surface area contributed by atoms with Crippen LogP contribution >= 0.6 is 0 Å². The molecule has 4 rings (SSSR count). The van der Waals surface area contributed by atoms with Gasteiger partial charge in [0.25, 0.3) is 0 Å². The molecule has 0 atom stereocenters. The number of methoxy groups -OCH3 is 1. The number of sulfonamides is 1. The zero-order valence-corrected chi connectivity index (χ0v) is 17.0. The Kier molecular flexibility index (Phi) is 5.39. The lowest BCUT2D eigenvalue weighted by molar-refractivity contribution is -0.116. The van der Waals surface area contributed by atoms with Crippen molar-refractivity contribution in [3.05, 3.63) is 72.9 Å². The quantitative estimate of drug-likeness (QED) is 0.677. The largest absolute Gasteiger partial charge is 0.497 e. The van der Waals surface area contributed by atoms with Gasteiger partial charge in [0.15, 0.2) is 5.82 Å². The zero-order chi connectivity index (χ0) is 21.1. The van der Waals surface area contributed by atoms with Gasteiger partial charge in [-0.3, -0.25) is 4.79 Å². The van der Waals surface area contributed by atoms with Crippen LogP contribution in [0.3, 0.4) is 0 Å². The number of anilines is 3. The molecule has 0 radical (unpaired) electrons. The van der Waals surface area contributed by atoms with Crippen LogP contribution in [-0.2, 0) is 14.8 Å². The summed E-state index contributed by atoms with van der Waals surface area (Å²) in [5.41, 5.74) is 1.34. The zero-order valence-electron chi connectivity index (χ0n) is 16.2. The first kappa shape index (κ1) is 19.9. The third-order valence-corrected chi connectivity index (χ3v) is 6.48. The van der Waals surface area contributed by atoms with Crippen molar-refractivity contribution in [1.29, 1.82) is 0 Å². The molecule has 3 aromatic rings. The number of amides is 1. The van der Waals surface area contributed by atoms with Gasteiger partial charge in [-0.1, -0.05) is 18.2 Å². The van der Waals surface area contributed by atoms with Gasteiger partial charge >= 0.3 is 0 Å². The number of carbonyl (C=O) groups is 1. The Labute approximate surface area is 174 Å². The van der Waals surface area contributed by atoms with Gasteiger partial charge in [0.1, 0.15) is 10.6 Å². The summed E-state index contributed by atoms with van der Waals surface area (Å²) in [6, 6.07) is 19.2. The smallest absolute Gasteiger partial charge is 0.248 e. The van der Waals surface area contributed by atoms with Crippen LogP contribution < -0.4 is 15.0 Å². The summed E-state index contributed by atoms with van der Waals surface area (Å²) in [4.78, 5) is 18.7. The van der Waals surface area contributed by atoms with E-state index < -0.39 is 15.9 Å². The molecule has 154 valence electrons. The molecule has 0 unspecified atom stereocenters. The van der Waals surface area contributed by atoms with Gasteiger partial charge in [0.2, 0.25) is 15.9 Å². The monoisotopic (exact) mass is 424 g/mol. The Morgan fingerprint density at radius 3 is 2.50 bits per heavy atom. The highest BCUT2D eigenvalue weighted by molar-refractivity contribution is 7.89. The predicted octanol–water partition coefficient (Wildman–Crippen LogP) is 2.83. The molecule has 2 aromatic carbocycles. The molecule has 0 fully saturated rings. The van der Waals surface area contributed by atoms with Gasteiger partial charge in [-0.2, -0.15) is 4.31 Å². The van der Waals surface area contributed by atoms with Crippen molar-refractivity contribution >= 4 is 33.1 Å². The van der Waals surface area contributed by atoms with Gasteiger partial charge in [-0.05, 0) is 48.5 Å². The number of rotatable bonds is 5. The van der Waals surface area contributed by atoms with Crippen molar-refractivity contribution in [3.8, 4) is 5.75 Å². The molecule has 1 aliphatic rings. The third kappa shape index (κ3) is 3.85. The van der Waals surface area contributed by atoms with Gasteiger partial charge in [-0.15, -0.1) is 0 Å². The summed E-state index contributed by atoms with van der Waals surface area (Å²) in [5, 5.41) is 2.72. The number of nitrogens with one attached hydrogen (secondary N) is 1. The van der Waals surface area contributed by atoms with E-state index in [-0.39, 0.29) is 18.1 Å². The number of hydrogen-bond acceptors (Lipinski definition) is 6. The first-order valence-electron chi connectivity index (χ1n) is 9.21. The Bertz CT molecular complexity index is 1150. The van der Waals surface area contributed by atoms with Gasteiger partial charge < -0.3 is 15.0 Å². The molecule has 9 heteroatoms. The van der Waals surface area contributed by atoms with Crippen molar-refractivity contribution in [2.24, 2.45) is 0 Å². The minimum Gasteiger partial charge on any atom is -0.497 e. The number of nitrogens with zero attached hydrogens (tertiary/aromatic N) is 3. The molecule has 30 heavy (non-hydrogen) atoms. The van der Waals surface area contributed by atoms with Crippen molar-refractivity contribution in [3.63, 3.8) is 0 Å². The van der Waals surface area contributed by atoms with E-state index in [9.17, 15) is 13.2 Å². The van der Waals surface area contributed by atoms with Crippen LogP contribution in [0.1, 0.15) is 0 Å². The molecular formula is C21H20N4O4S. The topological polar surface area (TPSA) is 91.8 Å². The van der Waals surface area contributed by atoms with E-state index in [1.54, 1.807) is 48.5 Å². The van der Waals surface area contributed by atoms with Crippen LogP contribution in [0.5, 0.6) is 5.75 Å². The summed E-state index contributed by atoms with van der Waals surface area (Å²) in [6.45, 7) is -0.349. The van der Waals surface area contributed by atoms with Gasteiger partial charge in [-0.25, -0.2) is 13.4 Å². The van der Waals surface area contributed by atoms with Gasteiger partial charge in [0.05, 0.1) is 20.3 Å². The second-order valence-corrected chi connectivity index (χ2v) is 8.53. The number of benzene rings is 2. The molecule has 0 bridgehead atoms. The Hall–Kier alpha value is -3.43. The van der Waals surface area contributed by atoms with Crippen molar-refractivity contribution in [2.75, 3.05) is 30.5 Å². The third-order valence-electron chi connectivity index (χ3n) is 4.69. The normalized spacial score (nSPS) is 15.3. The fourth-order valence-corrected chi connectivity index (χ4v) is 4.68. The predicted molar refractivity (Wildman–Crippen MR) is 113 cm³/mol. The van der Waals surface area contributed by atoms with Crippen molar-refractivity contribution in [2.45, 2.75) is 4.90 Å². The highest BCUT2D eigenvalue weighted by Gasteiger charge is 2.37. The van der Waals surface area contributed by atoms with Crippen LogP contribution in [0, 0.1) is 0 Å². The van der Waals surface area contributed by atoms with Crippen LogP contribution in [-0.4, -0.2) is 43.9 Å². The molecule has 1 N–H and O–H groups in total. The maximum atomic E-state index is 13.1. The van der Waals surface area contributed by atoms with Crippen LogP contribution in [0.2, 0.25) is 0 Å². The molecule has 0 saturated heterocycles. The first-order chi connectivity index (χ1) is 14.5. The summed E-state index contributed by atoms with van der Waals surface area (Å²) >= 11 is 0. The number of ether oxygens (including phenoxy) is 1. The molecule has 2 heterocycles. The molecule has 1 amide bonds. The summed E-state index contributed by atoms with van der Waals surface area (Å²) in [7, 11) is -2.32. The van der Waals surface area contributed by atoms with E-state index in [2.05, 4.69) is 10.3 Å². The van der Waals surface area contributed by atoms with Crippen LogP contribution in [0.15, 0.2) is 77.8 Å². The molecule has 0 spiro atoms. The highest BCUT2D eigenvalue weighted by Crippen LogP contribution is 2.35. The fraction of sp³-hybridized carbons (Fsp3) is 0.143. The Morgan fingerprint density at radius 1 is 1.07 bits per heavy atom. The first-order valence-corrected chi connectivity index (χ1v) is 10.6. The Balaban J connectivity index is 1.60. The molecular weight excluding hydrogens is 404 g/mol. The minimum atomic E-state index is -3.87. The number of fused-ring (bicyclic) bond motifs is 1. The number of para-hydroxylation sites is 1. The lowest BCUT2D eigenvalue weighted by atomic mass is 10.3. The van der Waals surface area contributed by atoms with E-state index in [1.807, 2.05) is 30.3 Å². The number of aromatic nitrogens is 1. The SMILES string of the molecule is COc1ccc(NC(=O)CN2CN(c3ccccc3)c3ncccc3S2(=O)=O)cc1. The number of hydrogen-bond donors (Lipinski definition) is 1. The average Bonchev–Trinajstić information content (AvgIpc) is 2.77. The molecule has 0 saturated carbocycles. The maximum Gasteiger partial charge on any atom is 0.248 e. The summed E-state index contributed by atoms with van der Waals surface area (Å²) in [5.74, 6) is 0.564. The Morgan fingerprint density at radius 2 is 1.80 bits per heavy atom. The second-order valence-electron chi connectivity index (χ2n) is 6.62. The molecule has 1 aliphatic heterocycles. The number of carbonyl (C=O) groups excluding carboxylic acids is 1. The van der Waals surface area contributed by atoms with Crippen molar-refractivity contribution < 1.29 is 17.9 Å². The van der Waals surface area contributed by atoms with Crippen LogP contribution in [0.25, 0.3) is 0 Å². The lowest BCUT2D eigenvalue weighted by Gasteiger charge is -2.36. The van der Waals surface area contributed by atoms with Crippen LogP contribution in [0.4, 0.5) is 17.2 Å². The lowest BCUT2D eigenvalue weighted by Crippen LogP contribution is -2.47. The maximum absolute atomic E-state index is 13.1. The standard InChI is InChI=1S/C21H20N4O4S/c1-29-18-11-9-16(10-12-18)23-20(26)14-24-15-25(17-6-3-2-4-7-17)21-19(30(24,27)28)8-5-13-22-21/h2-13H,14-15H2,1H3,(H,23,26). The number of pyridine rings is 1. The van der Waals surface area contributed by atoms with E-state index >= 15 is 0 Å². The highest BCUT2D eigenvalue weighted by atomic mass is 32.2. The second kappa shape index (κ2) is 8.13. The van der Waals surface area contributed by atoms with Gasteiger partial charge in [0, 0.05) is 17.6 Å². The summed E-state index contributed by atoms with van der Waals surface area (Å²) < 4.78 is 32.5. The molecule has 8 nitrogen and oxygen atoms in total. The van der Waals surface area contributed by atoms with E-state index in [1.165, 1.54) is 6.07 Å². The fourth-order valence-electron chi connectivity index (χ4n) is 3.21. The van der Waals surface area contributed by atoms with Crippen molar-refractivity contribution in [1.82, 2.24) is 9.29 Å². The molecule has 0 aliphatic carbocycles. The minimum absolute atomic E-state index is 0.0214. The van der Waals surface area contributed by atoms with E-state index in [4.69, 9.17) is 4.74 Å². The van der Waals surface area contributed by atoms with E-state index in [0.717, 1.165) is 9.99 Å². The average molecular weight is 424 g/mol. The summed E-state index contributed by atoms with van der Waals surface area (Å²) in [6.07, 6.45) is 1.55.